The summed E-state index contributed by atoms with van der Waals surface area (Å²) in [5, 5.41) is 12.4. The summed E-state index contributed by atoms with van der Waals surface area (Å²) in [6.45, 7) is 8.16. The van der Waals surface area contributed by atoms with Crippen molar-refractivity contribution >= 4 is 11.6 Å². The van der Waals surface area contributed by atoms with Gasteiger partial charge in [-0.05, 0) is 62.8 Å². The highest BCUT2D eigenvalue weighted by molar-refractivity contribution is 5.93. The summed E-state index contributed by atoms with van der Waals surface area (Å²) < 4.78 is 0. The van der Waals surface area contributed by atoms with Gasteiger partial charge in [0.2, 0.25) is 0 Å². The van der Waals surface area contributed by atoms with Gasteiger partial charge >= 0.3 is 0 Å². The number of hydrogen-bond acceptors (Lipinski definition) is 5. The largest absolute Gasteiger partial charge is 0.371 e. The zero-order chi connectivity index (χ0) is 21.8. The summed E-state index contributed by atoms with van der Waals surface area (Å²) in [4.78, 5) is 23.5. The Hall–Kier alpha value is -2.94. The number of nitrogens with zero attached hydrogens (tertiary/aromatic N) is 4. The van der Waals surface area contributed by atoms with Gasteiger partial charge < -0.3 is 10.2 Å². The topological polar surface area (TPSA) is 81.9 Å². The first-order valence-corrected chi connectivity index (χ1v) is 10.7. The Balaban J connectivity index is 0.00000341. The van der Waals surface area contributed by atoms with Crippen LogP contribution >= 0.6 is 0 Å². The van der Waals surface area contributed by atoms with E-state index in [0.29, 0.717) is 11.6 Å². The van der Waals surface area contributed by atoms with E-state index < -0.39 is 0 Å². The van der Waals surface area contributed by atoms with Gasteiger partial charge in [-0.15, -0.1) is 0 Å². The SMILES string of the molecule is Cc1c(C#N)ccc(N(C)C2CCC(NC(=O)c3cnc(C(C)C)nc3)CC2)c1C.[HH]. The summed E-state index contributed by atoms with van der Waals surface area (Å²) in [5.41, 5.74) is 4.65. The minimum atomic E-state index is -0.0966. The molecule has 6 heteroatoms. The molecule has 0 unspecified atom stereocenters. The van der Waals surface area contributed by atoms with E-state index in [4.69, 9.17) is 0 Å². The van der Waals surface area contributed by atoms with E-state index in [9.17, 15) is 10.1 Å². The van der Waals surface area contributed by atoms with Crippen LogP contribution in [0.25, 0.3) is 0 Å². The van der Waals surface area contributed by atoms with Crippen LogP contribution in [0.15, 0.2) is 24.5 Å². The summed E-state index contributed by atoms with van der Waals surface area (Å²) in [6.07, 6.45) is 7.16. The molecule has 1 aromatic heterocycles. The Morgan fingerprint density at radius 2 is 1.80 bits per heavy atom. The molecule has 1 aliphatic carbocycles. The Morgan fingerprint density at radius 1 is 1.17 bits per heavy atom. The van der Waals surface area contributed by atoms with E-state index in [1.807, 2.05) is 26.8 Å². The number of nitriles is 1. The van der Waals surface area contributed by atoms with Gasteiger partial charge in [-0.1, -0.05) is 13.8 Å². The third kappa shape index (κ3) is 4.62. The lowest BCUT2D eigenvalue weighted by atomic mass is 9.89. The van der Waals surface area contributed by atoms with Crippen molar-refractivity contribution in [3.63, 3.8) is 0 Å². The molecule has 1 aliphatic rings. The molecule has 0 radical (unpaired) electrons. The average Bonchev–Trinajstić information content (AvgIpc) is 2.75. The van der Waals surface area contributed by atoms with Gasteiger partial charge in [0.05, 0.1) is 17.2 Å². The summed E-state index contributed by atoms with van der Waals surface area (Å²) in [6, 6.07) is 6.83. The van der Waals surface area contributed by atoms with Gasteiger partial charge in [0.15, 0.2) is 0 Å². The van der Waals surface area contributed by atoms with E-state index in [-0.39, 0.29) is 19.3 Å². The molecule has 3 rings (SSSR count). The number of carbonyl (C=O) groups is 1. The van der Waals surface area contributed by atoms with Gasteiger partial charge in [0.25, 0.3) is 5.91 Å². The molecular weight excluding hydrogens is 374 g/mol. The lowest BCUT2D eigenvalue weighted by molar-refractivity contribution is 0.0925. The standard InChI is InChI=1S/C24H31N5O.H2/c1-15(2)23-26-13-19(14-27-23)24(30)28-20-7-9-21(10-8-20)29(5)22-11-6-18(12-25)16(3)17(22)4;/h6,11,13-15,20-21H,7-10H2,1-5H3,(H,28,30);1H. The molecule has 160 valence electrons. The predicted octanol–water partition coefficient (Wildman–Crippen LogP) is 4.51. The van der Waals surface area contributed by atoms with Crippen LogP contribution in [0.5, 0.6) is 0 Å². The molecule has 1 N–H and O–H groups in total. The van der Waals surface area contributed by atoms with E-state index in [1.54, 1.807) is 12.4 Å². The molecule has 1 saturated carbocycles. The van der Waals surface area contributed by atoms with Crippen molar-refractivity contribution in [1.82, 2.24) is 15.3 Å². The van der Waals surface area contributed by atoms with Gasteiger partial charge in [-0.3, -0.25) is 4.79 Å². The van der Waals surface area contributed by atoms with Crippen LogP contribution in [0.2, 0.25) is 0 Å². The number of rotatable bonds is 5. The lowest BCUT2D eigenvalue weighted by Gasteiger charge is -2.37. The fourth-order valence-electron chi connectivity index (χ4n) is 4.14. The zero-order valence-corrected chi connectivity index (χ0v) is 18.6. The van der Waals surface area contributed by atoms with Crippen molar-refractivity contribution in [2.45, 2.75) is 71.4 Å². The van der Waals surface area contributed by atoms with Gasteiger partial charge in [0, 0.05) is 44.6 Å². The molecule has 2 aromatic rings. The number of amides is 1. The third-order valence-corrected chi connectivity index (χ3v) is 6.29. The quantitative estimate of drug-likeness (QED) is 0.788. The fourth-order valence-corrected chi connectivity index (χ4v) is 4.14. The number of nitrogens with one attached hydrogen (secondary N) is 1. The van der Waals surface area contributed by atoms with Crippen molar-refractivity contribution in [2.75, 3.05) is 11.9 Å². The molecule has 1 heterocycles. The highest BCUT2D eigenvalue weighted by Gasteiger charge is 2.26. The minimum Gasteiger partial charge on any atom is -0.371 e. The molecule has 1 amide bonds. The van der Waals surface area contributed by atoms with Crippen molar-refractivity contribution in [3.05, 3.63) is 52.6 Å². The van der Waals surface area contributed by atoms with Crippen LogP contribution in [0.1, 0.15) is 79.7 Å². The maximum atomic E-state index is 12.5. The van der Waals surface area contributed by atoms with Crippen LogP contribution in [-0.2, 0) is 0 Å². The molecule has 1 fully saturated rings. The van der Waals surface area contributed by atoms with Crippen LogP contribution in [-0.4, -0.2) is 35.0 Å². The van der Waals surface area contributed by atoms with Crippen molar-refractivity contribution in [2.24, 2.45) is 0 Å². The molecular formula is C24H33N5O. The average molecular weight is 408 g/mol. The number of anilines is 1. The molecule has 0 aliphatic heterocycles. The van der Waals surface area contributed by atoms with Crippen molar-refractivity contribution < 1.29 is 6.22 Å². The second-order valence-corrected chi connectivity index (χ2v) is 8.57. The van der Waals surface area contributed by atoms with E-state index >= 15 is 0 Å². The third-order valence-electron chi connectivity index (χ3n) is 6.29. The van der Waals surface area contributed by atoms with Crippen LogP contribution < -0.4 is 10.2 Å². The molecule has 6 nitrogen and oxygen atoms in total. The molecule has 0 bridgehead atoms. The zero-order valence-electron chi connectivity index (χ0n) is 18.6. The smallest absolute Gasteiger partial charge is 0.254 e. The van der Waals surface area contributed by atoms with Gasteiger partial charge in [-0.2, -0.15) is 5.26 Å². The van der Waals surface area contributed by atoms with Crippen molar-refractivity contribution in [1.29, 1.82) is 5.26 Å². The van der Waals surface area contributed by atoms with Crippen molar-refractivity contribution in [3.8, 4) is 6.07 Å². The number of carbonyl (C=O) groups excluding carboxylic acids is 1. The number of hydrogen-bond donors (Lipinski definition) is 1. The first kappa shape index (κ1) is 21.8. The first-order valence-electron chi connectivity index (χ1n) is 10.7. The highest BCUT2D eigenvalue weighted by Crippen LogP contribution is 2.31. The molecule has 1 aromatic carbocycles. The monoisotopic (exact) mass is 407 g/mol. The van der Waals surface area contributed by atoms with Crippen LogP contribution in [0, 0.1) is 25.2 Å². The van der Waals surface area contributed by atoms with Crippen LogP contribution in [0.3, 0.4) is 0 Å². The highest BCUT2D eigenvalue weighted by atomic mass is 16.1. The molecule has 0 spiro atoms. The lowest BCUT2D eigenvalue weighted by Crippen LogP contribution is -2.43. The summed E-state index contributed by atoms with van der Waals surface area (Å²) >= 11 is 0. The maximum absolute atomic E-state index is 12.5. The molecule has 30 heavy (non-hydrogen) atoms. The molecule has 0 atom stereocenters. The predicted molar refractivity (Wildman–Crippen MR) is 121 cm³/mol. The van der Waals surface area contributed by atoms with Gasteiger partial charge in [0.1, 0.15) is 5.82 Å². The van der Waals surface area contributed by atoms with Crippen LogP contribution in [0.4, 0.5) is 5.69 Å². The second kappa shape index (κ2) is 9.25. The van der Waals surface area contributed by atoms with E-state index in [1.165, 1.54) is 5.69 Å². The number of aromatic nitrogens is 2. The van der Waals surface area contributed by atoms with E-state index in [0.717, 1.165) is 48.2 Å². The second-order valence-electron chi connectivity index (χ2n) is 8.57. The first-order chi connectivity index (χ1) is 14.3. The molecule has 0 saturated heterocycles. The summed E-state index contributed by atoms with van der Waals surface area (Å²) in [5.74, 6) is 0.905. The normalized spacial score (nSPS) is 18.7. The Morgan fingerprint density at radius 3 is 2.37 bits per heavy atom. The Bertz CT molecular complexity index is 944. The number of benzene rings is 1. The Labute approximate surface area is 180 Å². The fraction of sp³-hybridized carbons (Fsp3) is 0.500. The summed E-state index contributed by atoms with van der Waals surface area (Å²) in [7, 11) is 2.13. The minimum absolute atomic E-state index is 0. The Kier molecular flexibility index (Phi) is 6.71. The van der Waals surface area contributed by atoms with Gasteiger partial charge in [-0.25, -0.2) is 9.97 Å². The van der Waals surface area contributed by atoms with E-state index in [2.05, 4.69) is 46.3 Å². The maximum Gasteiger partial charge on any atom is 0.254 e.